The van der Waals surface area contributed by atoms with Crippen LogP contribution in [0.15, 0.2) is 18.5 Å². The maximum absolute atomic E-state index is 4.19. The zero-order chi connectivity index (χ0) is 10.7. The van der Waals surface area contributed by atoms with Crippen molar-refractivity contribution in [3.8, 4) is 0 Å². The van der Waals surface area contributed by atoms with Gasteiger partial charge in [0.05, 0.1) is 0 Å². The molecule has 0 aliphatic heterocycles. The Balaban J connectivity index is 1.81. The van der Waals surface area contributed by atoms with Crippen molar-refractivity contribution in [2.75, 3.05) is 6.54 Å². The fraction of sp³-hybridized carbons (Fsp3) is 0.615. The molecular formula is C13H20N2. The number of nitrogens with one attached hydrogen (secondary N) is 1. The van der Waals surface area contributed by atoms with Crippen LogP contribution in [0.25, 0.3) is 0 Å². The molecule has 2 nitrogen and oxygen atoms in total. The van der Waals surface area contributed by atoms with E-state index in [0.29, 0.717) is 5.92 Å². The summed E-state index contributed by atoms with van der Waals surface area (Å²) in [4.78, 5) is 4.19. The van der Waals surface area contributed by atoms with Crippen LogP contribution in [0.3, 0.4) is 0 Å². The van der Waals surface area contributed by atoms with Crippen LogP contribution >= 0.6 is 0 Å². The smallest absolute Gasteiger partial charge is 0.0302 e. The van der Waals surface area contributed by atoms with Gasteiger partial charge in [-0.05, 0) is 55.8 Å². The van der Waals surface area contributed by atoms with Crippen LogP contribution in [0.5, 0.6) is 0 Å². The largest absolute Gasteiger partial charge is 0.314 e. The lowest BCUT2D eigenvalue weighted by molar-refractivity contribution is 0.508. The standard InChI is InChI=1S/C13H20N2/c1-10(8-15-13-3-4-13)7-12-9-14-6-5-11(12)2/h5-6,9-10,13,15H,3-4,7-8H2,1-2H3. The number of aromatic nitrogens is 1. The summed E-state index contributed by atoms with van der Waals surface area (Å²) in [6.45, 7) is 5.61. The van der Waals surface area contributed by atoms with E-state index < -0.39 is 0 Å². The van der Waals surface area contributed by atoms with Crippen molar-refractivity contribution in [3.63, 3.8) is 0 Å². The van der Waals surface area contributed by atoms with Crippen molar-refractivity contribution in [1.82, 2.24) is 10.3 Å². The number of aryl methyl sites for hydroxylation is 1. The van der Waals surface area contributed by atoms with Crippen LogP contribution in [-0.2, 0) is 6.42 Å². The molecule has 0 aromatic carbocycles. The molecule has 1 heterocycles. The molecule has 15 heavy (non-hydrogen) atoms. The van der Waals surface area contributed by atoms with E-state index in [-0.39, 0.29) is 0 Å². The Morgan fingerprint density at radius 3 is 3.00 bits per heavy atom. The first-order chi connectivity index (χ1) is 7.25. The minimum atomic E-state index is 0.702. The lowest BCUT2D eigenvalue weighted by Gasteiger charge is -2.13. The Morgan fingerprint density at radius 2 is 2.33 bits per heavy atom. The predicted molar refractivity (Wildman–Crippen MR) is 62.9 cm³/mol. The lowest BCUT2D eigenvalue weighted by Crippen LogP contribution is -2.24. The van der Waals surface area contributed by atoms with E-state index in [1.165, 1.54) is 24.0 Å². The summed E-state index contributed by atoms with van der Waals surface area (Å²) in [5.41, 5.74) is 2.76. The summed E-state index contributed by atoms with van der Waals surface area (Å²) in [7, 11) is 0. The summed E-state index contributed by atoms with van der Waals surface area (Å²) in [5, 5.41) is 3.58. The molecule has 1 aromatic rings. The average Bonchev–Trinajstić information content (AvgIpc) is 3.02. The van der Waals surface area contributed by atoms with Crippen molar-refractivity contribution in [3.05, 3.63) is 29.6 Å². The molecule has 1 atom stereocenters. The molecule has 0 amide bonds. The topological polar surface area (TPSA) is 24.9 Å². The van der Waals surface area contributed by atoms with E-state index in [4.69, 9.17) is 0 Å². The zero-order valence-corrected chi connectivity index (χ0v) is 9.66. The summed E-state index contributed by atoms with van der Waals surface area (Å²) in [6.07, 6.45) is 7.76. The molecule has 1 aliphatic rings. The van der Waals surface area contributed by atoms with Crippen molar-refractivity contribution < 1.29 is 0 Å². The molecule has 0 spiro atoms. The first kappa shape index (κ1) is 10.6. The highest BCUT2D eigenvalue weighted by Crippen LogP contribution is 2.19. The molecule has 1 aliphatic carbocycles. The van der Waals surface area contributed by atoms with Gasteiger partial charge in [-0.3, -0.25) is 4.98 Å². The number of rotatable bonds is 5. The van der Waals surface area contributed by atoms with Crippen LogP contribution in [0.4, 0.5) is 0 Å². The zero-order valence-electron chi connectivity index (χ0n) is 9.66. The summed E-state index contributed by atoms with van der Waals surface area (Å²) >= 11 is 0. The number of hydrogen-bond acceptors (Lipinski definition) is 2. The van der Waals surface area contributed by atoms with Gasteiger partial charge in [0.15, 0.2) is 0 Å². The van der Waals surface area contributed by atoms with E-state index in [2.05, 4.69) is 30.2 Å². The minimum absolute atomic E-state index is 0.702. The van der Waals surface area contributed by atoms with E-state index in [1.54, 1.807) is 0 Å². The number of hydrogen-bond donors (Lipinski definition) is 1. The average molecular weight is 204 g/mol. The van der Waals surface area contributed by atoms with Crippen LogP contribution < -0.4 is 5.32 Å². The molecular weight excluding hydrogens is 184 g/mol. The molecule has 82 valence electrons. The van der Waals surface area contributed by atoms with Gasteiger partial charge < -0.3 is 5.32 Å². The lowest BCUT2D eigenvalue weighted by atomic mass is 9.99. The Morgan fingerprint density at radius 1 is 1.53 bits per heavy atom. The van der Waals surface area contributed by atoms with E-state index in [9.17, 15) is 0 Å². The number of nitrogens with zero attached hydrogens (tertiary/aromatic N) is 1. The third kappa shape index (κ3) is 3.31. The highest BCUT2D eigenvalue weighted by molar-refractivity contribution is 5.21. The van der Waals surface area contributed by atoms with E-state index in [0.717, 1.165) is 19.0 Å². The van der Waals surface area contributed by atoms with Gasteiger partial charge in [0.2, 0.25) is 0 Å². The SMILES string of the molecule is Cc1ccncc1CC(C)CNC1CC1. The molecule has 1 aromatic heterocycles. The molecule has 1 saturated carbocycles. The quantitative estimate of drug-likeness (QED) is 0.796. The van der Waals surface area contributed by atoms with E-state index in [1.807, 2.05) is 12.4 Å². The minimum Gasteiger partial charge on any atom is -0.314 e. The Hall–Kier alpha value is -0.890. The van der Waals surface area contributed by atoms with Crippen LogP contribution in [-0.4, -0.2) is 17.6 Å². The molecule has 0 bridgehead atoms. The van der Waals surface area contributed by atoms with Gasteiger partial charge >= 0.3 is 0 Å². The van der Waals surface area contributed by atoms with Gasteiger partial charge in [-0.1, -0.05) is 6.92 Å². The summed E-state index contributed by atoms with van der Waals surface area (Å²) in [6, 6.07) is 2.92. The van der Waals surface area contributed by atoms with Crippen molar-refractivity contribution in [2.45, 2.75) is 39.2 Å². The molecule has 0 saturated heterocycles. The summed E-state index contributed by atoms with van der Waals surface area (Å²) in [5.74, 6) is 0.702. The monoisotopic (exact) mass is 204 g/mol. The molecule has 2 rings (SSSR count). The number of pyridine rings is 1. The van der Waals surface area contributed by atoms with Gasteiger partial charge in [-0.15, -0.1) is 0 Å². The van der Waals surface area contributed by atoms with Gasteiger partial charge in [0.1, 0.15) is 0 Å². The van der Waals surface area contributed by atoms with Gasteiger partial charge in [0.25, 0.3) is 0 Å². The van der Waals surface area contributed by atoms with Crippen molar-refractivity contribution in [1.29, 1.82) is 0 Å². The second-order valence-corrected chi connectivity index (χ2v) is 4.79. The molecule has 1 fully saturated rings. The summed E-state index contributed by atoms with van der Waals surface area (Å²) < 4.78 is 0. The maximum Gasteiger partial charge on any atom is 0.0302 e. The second-order valence-electron chi connectivity index (χ2n) is 4.79. The van der Waals surface area contributed by atoms with Crippen molar-refractivity contribution in [2.24, 2.45) is 5.92 Å². The Labute approximate surface area is 92.1 Å². The Bertz CT molecular complexity index is 318. The van der Waals surface area contributed by atoms with Crippen LogP contribution in [0.2, 0.25) is 0 Å². The first-order valence-corrected chi connectivity index (χ1v) is 5.88. The second kappa shape index (κ2) is 4.75. The molecule has 1 unspecified atom stereocenters. The van der Waals surface area contributed by atoms with Crippen molar-refractivity contribution >= 4 is 0 Å². The Kier molecular flexibility index (Phi) is 3.37. The van der Waals surface area contributed by atoms with Crippen LogP contribution in [0, 0.1) is 12.8 Å². The highest BCUT2D eigenvalue weighted by atomic mass is 14.9. The van der Waals surface area contributed by atoms with Crippen LogP contribution in [0.1, 0.15) is 30.9 Å². The first-order valence-electron chi connectivity index (χ1n) is 5.88. The normalized spacial score (nSPS) is 17.7. The fourth-order valence-electron chi connectivity index (χ4n) is 1.81. The van der Waals surface area contributed by atoms with E-state index >= 15 is 0 Å². The predicted octanol–water partition coefficient (Wildman–Crippen LogP) is 2.32. The third-order valence-corrected chi connectivity index (χ3v) is 3.05. The third-order valence-electron chi connectivity index (χ3n) is 3.05. The molecule has 0 radical (unpaired) electrons. The fourth-order valence-corrected chi connectivity index (χ4v) is 1.81. The molecule has 1 N–H and O–H groups in total. The van der Waals surface area contributed by atoms with Gasteiger partial charge in [0, 0.05) is 18.4 Å². The van der Waals surface area contributed by atoms with Gasteiger partial charge in [-0.25, -0.2) is 0 Å². The van der Waals surface area contributed by atoms with Gasteiger partial charge in [-0.2, -0.15) is 0 Å². The maximum atomic E-state index is 4.19. The highest BCUT2D eigenvalue weighted by Gasteiger charge is 2.20. The molecule has 2 heteroatoms.